The van der Waals surface area contributed by atoms with Crippen LogP contribution < -0.4 is 22.7 Å². The van der Waals surface area contributed by atoms with E-state index in [1.165, 1.54) is 0 Å². The molecule has 7 N–H and O–H groups in total. The van der Waals surface area contributed by atoms with E-state index in [-0.39, 0.29) is 0 Å². The van der Waals surface area contributed by atoms with Crippen LogP contribution in [-0.2, 0) is 9.59 Å². The van der Waals surface area contributed by atoms with E-state index in [4.69, 9.17) is 17.3 Å². The van der Waals surface area contributed by atoms with E-state index in [0.717, 1.165) is 4.90 Å². The molecule has 0 spiro atoms. The van der Waals surface area contributed by atoms with Gasteiger partial charge in [-0.1, -0.05) is 0 Å². The molecule has 0 bridgehead atoms. The van der Waals surface area contributed by atoms with Crippen molar-refractivity contribution >= 4 is 17.8 Å². The van der Waals surface area contributed by atoms with Crippen molar-refractivity contribution in [2.45, 2.75) is 0 Å². The number of amides is 4. The lowest BCUT2D eigenvalue weighted by Gasteiger charge is -2.17. The lowest BCUT2D eigenvalue weighted by Crippen LogP contribution is -2.49. The molecule has 74 valence electrons. The van der Waals surface area contributed by atoms with E-state index in [9.17, 15) is 14.4 Å². The SMILES string of the molecule is NNC(=O)N(CC(N)=O)CC(N)=O. The Hall–Kier alpha value is -1.83. The summed E-state index contributed by atoms with van der Waals surface area (Å²) in [5.74, 6) is 3.26. The van der Waals surface area contributed by atoms with Crippen molar-refractivity contribution in [2.75, 3.05) is 13.1 Å². The number of rotatable bonds is 4. The fourth-order valence-corrected chi connectivity index (χ4v) is 0.667. The highest BCUT2D eigenvalue weighted by Crippen LogP contribution is 1.86. The smallest absolute Gasteiger partial charge is 0.332 e. The van der Waals surface area contributed by atoms with Crippen LogP contribution in [0.4, 0.5) is 4.79 Å². The predicted octanol–water partition coefficient (Wildman–Crippen LogP) is -3.16. The number of hydrogen-bond donors (Lipinski definition) is 4. The first kappa shape index (κ1) is 11.2. The zero-order valence-corrected chi connectivity index (χ0v) is 6.82. The van der Waals surface area contributed by atoms with Crippen LogP contribution in [0.2, 0.25) is 0 Å². The third kappa shape index (κ3) is 4.58. The topological polar surface area (TPSA) is 145 Å². The molecule has 8 nitrogen and oxygen atoms in total. The molecule has 0 saturated heterocycles. The second kappa shape index (κ2) is 4.93. The third-order valence-corrected chi connectivity index (χ3v) is 1.10. The zero-order valence-electron chi connectivity index (χ0n) is 6.82. The molecule has 0 rings (SSSR count). The van der Waals surface area contributed by atoms with E-state index in [2.05, 4.69) is 0 Å². The highest BCUT2D eigenvalue weighted by Gasteiger charge is 2.16. The fraction of sp³-hybridized carbons (Fsp3) is 0.400. The van der Waals surface area contributed by atoms with Gasteiger partial charge in [0, 0.05) is 0 Å². The average molecular weight is 189 g/mol. The molecule has 0 fully saturated rings. The van der Waals surface area contributed by atoms with Gasteiger partial charge < -0.3 is 16.4 Å². The van der Waals surface area contributed by atoms with Gasteiger partial charge in [0.15, 0.2) is 0 Å². The summed E-state index contributed by atoms with van der Waals surface area (Å²) >= 11 is 0. The van der Waals surface area contributed by atoms with Crippen molar-refractivity contribution in [3.63, 3.8) is 0 Å². The van der Waals surface area contributed by atoms with Crippen molar-refractivity contribution in [3.05, 3.63) is 0 Å². The monoisotopic (exact) mass is 189 g/mol. The van der Waals surface area contributed by atoms with Gasteiger partial charge in [-0.2, -0.15) is 0 Å². The normalized spacial score (nSPS) is 9.00. The standard InChI is InChI=1S/C5H11N5O3/c6-3(11)1-10(2-4(7)12)5(13)9-8/h1-2,8H2,(H2,6,11)(H2,7,12)(H,9,13). The Balaban J connectivity index is 4.26. The molecule has 13 heavy (non-hydrogen) atoms. The predicted molar refractivity (Wildman–Crippen MR) is 42.7 cm³/mol. The Bertz CT molecular complexity index is 212. The van der Waals surface area contributed by atoms with Gasteiger partial charge in [0.05, 0.1) is 0 Å². The molecule has 0 aliphatic heterocycles. The van der Waals surface area contributed by atoms with Gasteiger partial charge in [-0.05, 0) is 0 Å². The summed E-state index contributed by atoms with van der Waals surface area (Å²) in [7, 11) is 0. The number of nitrogens with two attached hydrogens (primary N) is 3. The quantitative estimate of drug-likeness (QED) is 0.210. The van der Waals surface area contributed by atoms with Crippen LogP contribution in [0.25, 0.3) is 0 Å². The molecule has 0 saturated carbocycles. The molecular formula is C5H11N5O3. The molecule has 0 heterocycles. The van der Waals surface area contributed by atoms with Crippen LogP contribution in [0.1, 0.15) is 0 Å². The van der Waals surface area contributed by atoms with Gasteiger partial charge in [-0.25, -0.2) is 10.6 Å². The summed E-state index contributed by atoms with van der Waals surface area (Å²) in [4.78, 5) is 32.5. The minimum Gasteiger partial charge on any atom is -0.368 e. The van der Waals surface area contributed by atoms with Crippen LogP contribution in [0.15, 0.2) is 0 Å². The Kier molecular flexibility index (Phi) is 4.24. The van der Waals surface area contributed by atoms with Gasteiger partial charge in [0.2, 0.25) is 11.8 Å². The summed E-state index contributed by atoms with van der Waals surface area (Å²) in [6.45, 7) is -0.821. The van der Waals surface area contributed by atoms with Crippen molar-refractivity contribution in [1.82, 2.24) is 10.3 Å². The first-order chi connectivity index (χ1) is 5.97. The number of carbonyl (C=O) groups excluding carboxylic acids is 3. The van der Waals surface area contributed by atoms with E-state index >= 15 is 0 Å². The highest BCUT2D eigenvalue weighted by molar-refractivity contribution is 5.87. The maximum absolute atomic E-state index is 10.9. The Labute approximate surface area is 74.0 Å². The molecule has 0 unspecified atom stereocenters. The van der Waals surface area contributed by atoms with Crippen LogP contribution >= 0.6 is 0 Å². The van der Waals surface area contributed by atoms with E-state index in [0.29, 0.717) is 0 Å². The number of carbonyl (C=O) groups is 3. The number of hydrogen-bond acceptors (Lipinski definition) is 4. The summed E-state index contributed by atoms with van der Waals surface area (Å²) in [6, 6.07) is -0.794. The lowest BCUT2D eigenvalue weighted by molar-refractivity contribution is -0.120. The van der Waals surface area contributed by atoms with Gasteiger partial charge in [0.1, 0.15) is 13.1 Å². The first-order valence-corrected chi connectivity index (χ1v) is 3.29. The minimum absolute atomic E-state index is 0.411. The lowest BCUT2D eigenvalue weighted by atomic mass is 10.4. The van der Waals surface area contributed by atoms with Crippen molar-refractivity contribution < 1.29 is 14.4 Å². The van der Waals surface area contributed by atoms with Crippen LogP contribution in [0.5, 0.6) is 0 Å². The molecule has 0 atom stereocenters. The molecule has 8 heteroatoms. The molecule has 0 aliphatic carbocycles. The van der Waals surface area contributed by atoms with Crippen LogP contribution in [0.3, 0.4) is 0 Å². The fourth-order valence-electron chi connectivity index (χ4n) is 0.667. The Morgan fingerprint density at radius 3 is 1.69 bits per heavy atom. The Morgan fingerprint density at radius 2 is 1.46 bits per heavy atom. The zero-order chi connectivity index (χ0) is 10.4. The van der Waals surface area contributed by atoms with E-state index in [1.54, 1.807) is 5.43 Å². The van der Waals surface area contributed by atoms with Gasteiger partial charge in [0.25, 0.3) is 0 Å². The summed E-state index contributed by atoms with van der Waals surface area (Å²) in [6.07, 6.45) is 0. The maximum Gasteiger partial charge on any atom is 0.332 e. The molecule has 4 amide bonds. The molecule has 0 radical (unpaired) electrons. The molecular weight excluding hydrogens is 178 g/mol. The Morgan fingerprint density at radius 1 is 1.08 bits per heavy atom. The first-order valence-electron chi connectivity index (χ1n) is 3.29. The molecule has 0 aliphatic rings. The summed E-state index contributed by atoms with van der Waals surface area (Å²) < 4.78 is 0. The maximum atomic E-state index is 10.9. The third-order valence-electron chi connectivity index (χ3n) is 1.10. The van der Waals surface area contributed by atoms with E-state index in [1.807, 2.05) is 0 Å². The summed E-state index contributed by atoms with van der Waals surface area (Å²) in [5.41, 5.74) is 11.4. The van der Waals surface area contributed by atoms with Crippen molar-refractivity contribution in [1.29, 1.82) is 0 Å². The number of urea groups is 1. The second-order valence-electron chi connectivity index (χ2n) is 2.24. The number of primary amides is 2. The number of nitrogens with zero attached hydrogens (tertiary/aromatic N) is 1. The number of hydrazine groups is 1. The van der Waals surface area contributed by atoms with Gasteiger partial charge >= 0.3 is 6.03 Å². The van der Waals surface area contributed by atoms with E-state index < -0.39 is 30.9 Å². The van der Waals surface area contributed by atoms with Crippen molar-refractivity contribution in [3.8, 4) is 0 Å². The molecule has 0 aromatic carbocycles. The molecule has 0 aromatic rings. The van der Waals surface area contributed by atoms with Gasteiger partial charge in [-0.3, -0.25) is 15.0 Å². The largest absolute Gasteiger partial charge is 0.368 e. The second-order valence-corrected chi connectivity index (χ2v) is 2.24. The van der Waals surface area contributed by atoms with Crippen molar-refractivity contribution in [2.24, 2.45) is 17.3 Å². The van der Waals surface area contributed by atoms with Crippen LogP contribution in [0, 0.1) is 0 Å². The number of nitrogens with one attached hydrogen (secondary N) is 1. The average Bonchev–Trinajstić information content (AvgIpc) is 2.00. The summed E-state index contributed by atoms with van der Waals surface area (Å²) in [5, 5.41) is 0. The van der Waals surface area contributed by atoms with Crippen LogP contribution in [-0.4, -0.2) is 35.8 Å². The van der Waals surface area contributed by atoms with Gasteiger partial charge in [-0.15, -0.1) is 0 Å². The molecule has 0 aromatic heterocycles. The minimum atomic E-state index is -0.794. The highest BCUT2D eigenvalue weighted by atomic mass is 16.2.